The molecule has 0 heterocycles. The van der Waals surface area contributed by atoms with E-state index in [1.807, 2.05) is 0 Å². The van der Waals surface area contributed by atoms with Crippen molar-refractivity contribution in [1.29, 1.82) is 0 Å². The number of anilines is 1. The summed E-state index contributed by atoms with van der Waals surface area (Å²) >= 11 is 5.73. The summed E-state index contributed by atoms with van der Waals surface area (Å²) in [6.45, 7) is 3.20. The maximum Gasteiger partial charge on any atom is 0.126 e. The number of halogens is 1. The minimum Gasteiger partial charge on any atom is -0.374 e. The first-order chi connectivity index (χ1) is 6.52. The molecule has 0 bridgehead atoms. The second kappa shape index (κ2) is 4.64. The molecular formula is C10H14ClNO2. The Hall–Kier alpha value is -0.770. The highest BCUT2D eigenvalue weighted by atomic mass is 35.5. The second-order valence-corrected chi connectivity index (χ2v) is 3.58. The quantitative estimate of drug-likeness (QED) is 0.756. The van der Waals surface area contributed by atoms with Crippen molar-refractivity contribution < 1.29 is 10.2 Å². The van der Waals surface area contributed by atoms with Gasteiger partial charge in [-0.25, -0.2) is 0 Å². The molecule has 1 rings (SSSR count). The third-order valence-electron chi connectivity index (χ3n) is 1.93. The smallest absolute Gasteiger partial charge is 0.126 e. The van der Waals surface area contributed by atoms with Gasteiger partial charge in [0.2, 0.25) is 0 Å². The topological polar surface area (TPSA) is 43.7 Å². The highest BCUT2D eigenvalue weighted by Gasteiger charge is 2.16. The van der Waals surface area contributed by atoms with E-state index in [4.69, 9.17) is 11.6 Å². The molecule has 4 heteroatoms. The van der Waals surface area contributed by atoms with Gasteiger partial charge in [-0.1, -0.05) is 11.6 Å². The van der Waals surface area contributed by atoms with Gasteiger partial charge in [-0.3, -0.25) is 0 Å². The van der Waals surface area contributed by atoms with Crippen LogP contribution in [0.2, 0.25) is 5.02 Å². The van der Waals surface area contributed by atoms with Crippen LogP contribution in [-0.4, -0.2) is 22.7 Å². The fourth-order valence-electron chi connectivity index (χ4n) is 1.36. The summed E-state index contributed by atoms with van der Waals surface area (Å²) in [5.74, 6) is 0. The van der Waals surface area contributed by atoms with Crippen LogP contribution in [0, 0.1) is 0 Å². The van der Waals surface area contributed by atoms with Crippen molar-refractivity contribution >= 4 is 17.3 Å². The van der Waals surface area contributed by atoms with Crippen LogP contribution in [0.5, 0.6) is 0 Å². The van der Waals surface area contributed by atoms with Crippen LogP contribution in [-0.2, 0) is 0 Å². The molecule has 0 saturated heterocycles. The van der Waals surface area contributed by atoms with Crippen molar-refractivity contribution in [3.8, 4) is 0 Å². The Morgan fingerprint density at radius 2 is 1.50 bits per heavy atom. The fraction of sp³-hybridized carbons (Fsp3) is 0.400. The normalized spacial score (nSPS) is 14.9. The molecule has 2 N–H and O–H groups in total. The third-order valence-corrected chi connectivity index (χ3v) is 2.18. The van der Waals surface area contributed by atoms with Crippen LogP contribution >= 0.6 is 11.6 Å². The van der Waals surface area contributed by atoms with E-state index >= 15 is 0 Å². The lowest BCUT2D eigenvalue weighted by molar-refractivity contribution is 0.105. The lowest BCUT2D eigenvalue weighted by Gasteiger charge is -2.30. The molecule has 0 saturated carbocycles. The molecule has 3 nitrogen and oxygen atoms in total. The van der Waals surface area contributed by atoms with E-state index in [1.54, 1.807) is 38.1 Å². The van der Waals surface area contributed by atoms with Gasteiger partial charge >= 0.3 is 0 Å². The Balaban J connectivity index is 2.94. The molecule has 0 amide bonds. The van der Waals surface area contributed by atoms with E-state index in [9.17, 15) is 10.2 Å². The molecule has 2 unspecified atom stereocenters. The summed E-state index contributed by atoms with van der Waals surface area (Å²) in [6.07, 6.45) is -1.48. The van der Waals surface area contributed by atoms with Gasteiger partial charge in [-0.15, -0.1) is 0 Å². The van der Waals surface area contributed by atoms with Gasteiger partial charge in [0, 0.05) is 10.7 Å². The number of nitrogens with zero attached hydrogens (tertiary/aromatic N) is 1. The Bertz CT molecular complexity index is 277. The van der Waals surface area contributed by atoms with Crippen molar-refractivity contribution in [2.75, 3.05) is 4.90 Å². The Kier molecular flexibility index (Phi) is 3.75. The van der Waals surface area contributed by atoms with E-state index < -0.39 is 12.5 Å². The van der Waals surface area contributed by atoms with E-state index in [-0.39, 0.29) is 0 Å². The zero-order chi connectivity index (χ0) is 10.7. The minimum atomic E-state index is -0.740. The van der Waals surface area contributed by atoms with Gasteiger partial charge in [0.25, 0.3) is 0 Å². The largest absolute Gasteiger partial charge is 0.374 e. The summed E-state index contributed by atoms with van der Waals surface area (Å²) in [4.78, 5) is 1.48. The standard InChI is InChI=1S/C10H14ClNO2/c1-7(13)12(8(2)14)10-5-3-9(11)4-6-10/h3-8,13-14H,1-2H3. The van der Waals surface area contributed by atoms with Gasteiger partial charge in [-0.2, -0.15) is 0 Å². The minimum absolute atomic E-state index is 0.630. The zero-order valence-corrected chi connectivity index (χ0v) is 8.94. The Morgan fingerprint density at radius 3 is 1.86 bits per heavy atom. The highest BCUT2D eigenvalue weighted by Crippen LogP contribution is 2.20. The molecule has 0 aliphatic rings. The van der Waals surface area contributed by atoms with Crippen LogP contribution in [0.1, 0.15) is 13.8 Å². The van der Waals surface area contributed by atoms with Crippen LogP contribution in [0.15, 0.2) is 24.3 Å². The first kappa shape index (κ1) is 11.3. The molecule has 0 aliphatic heterocycles. The molecule has 2 atom stereocenters. The Morgan fingerprint density at radius 1 is 1.07 bits per heavy atom. The van der Waals surface area contributed by atoms with E-state index in [0.29, 0.717) is 5.02 Å². The summed E-state index contributed by atoms with van der Waals surface area (Å²) in [7, 11) is 0. The number of benzene rings is 1. The maximum atomic E-state index is 9.44. The van der Waals surface area contributed by atoms with E-state index in [2.05, 4.69) is 0 Å². The monoisotopic (exact) mass is 215 g/mol. The molecule has 0 spiro atoms. The second-order valence-electron chi connectivity index (χ2n) is 3.15. The van der Waals surface area contributed by atoms with Gasteiger partial charge in [0.1, 0.15) is 12.5 Å². The lowest BCUT2D eigenvalue weighted by Crippen LogP contribution is -2.40. The number of hydrogen-bond donors (Lipinski definition) is 2. The van der Waals surface area contributed by atoms with E-state index in [1.165, 1.54) is 4.90 Å². The van der Waals surface area contributed by atoms with Crippen molar-refractivity contribution in [3.63, 3.8) is 0 Å². The third kappa shape index (κ3) is 2.61. The maximum absolute atomic E-state index is 9.44. The number of rotatable bonds is 3. The van der Waals surface area contributed by atoms with Crippen molar-refractivity contribution in [2.24, 2.45) is 0 Å². The molecule has 1 aromatic rings. The molecule has 1 aromatic carbocycles. The Labute approximate surface area is 88.5 Å². The molecule has 78 valence electrons. The highest BCUT2D eigenvalue weighted by molar-refractivity contribution is 6.30. The first-order valence-corrected chi connectivity index (χ1v) is 4.80. The number of hydrogen-bond acceptors (Lipinski definition) is 3. The van der Waals surface area contributed by atoms with Crippen LogP contribution in [0.3, 0.4) is 0 Å². The fourth-order valence-corrected chi connectivity index (χ4v) is 1.48. The number of aliphatic hydroxyl groups excluding tert-OH is 2. The molecule has 0 aromatic heterocycles. The first-order valence-electron chi connectivity index (χ1n) is 4.42. The molecule has 14 heavy (non-hydrogen) atoms. The zero-order valence-electron chi connectivity index (χ0n) is 8.18. The summed E-state index contributed by atoms with van der Waals surface area (Å²) < 4.78 is 0. The van der Waals surface area contributed by atoms with Crippen LogP contribution in [0.25, 0.3) is 0 Å². The SMILES string of the molecule is CC(O)N(c1ccc(Cl)cc1)C(C)O. The van der Waals surface area contributed by atoms with Crippen molar-refractivity contribution in [1.82, 2.24) is 0 Å². The molecule has 0 radical (unpaired) electrons. The van der Waals surface area contributed by atoms with Crippen molar-refractivity contribution in [3.05, 3.63) is 29.3 Å². The van der Waals surface area contributed by atoms with Gasteiger partial charge < -0.3 is 15.1 Å². The molecule has 0 fully saturated rings. The van der Waals surface area contributed by atoms with Gasteiger partial charge in [0.05, 0.1) is 0 Å². The van der Waals surface area contributed by atoms with Crippen LogP contribution < -0.4 is 4.90 Å². The van der Waals surface area contributed by atoms with Gasteiger partial charge in [0.15, 0.2) is 0 Å². The van der Waals surface area contributed by atoms with Gasteiger partial charge in [-0.05, 0) is 38.1 Å². The predicted molar refractivity (Wildman–Crippen MR) is 57.3 cm³/mol. The summed E-state index contributed by atoms with van der Waals surface area (Å²) in [5.41, 5.74) is 0.736. The lowest BCUT2D eigenvalue weighted by atomic mass is 10.2. The van der Waals surface area contributed by atoms with Crippen LogP contribution in [0.4, 0.5) is 5.69 Å². The average molecular weight is 216 g/mol. The summed E-state index contributed by atoms with van der Waals surface area (Å²) in [6, 6.07) is 6.94. The average Bonchev–Trinajstić information content (AvgIpc) is 2.07. The predicted octanol–water partition coefficient (Wildman–Crippen LogP) is 1.82. The molecular weight excluding hydrogens is 202 g/mol. The molecule has 0 aliphatic carbocycles. The van der Waals surface area contributed by atoms with Crippen molar-refractivity contribution in [2.45, 2.75) is 26.3 Å². The number of aliphatic hydroxyl groups is 2. The van der Waals surface area contributed by atoms with E-state index in [0.717, 1.165) is 5.69 Å². The summed E-state index contributed by atoms with van der Waals surface area (Å²) in [5, 5.41) is 19.5.